The molecule has 0 amide bonds. The van der Waals surface area contributed by atoms with E-state index in [1.165, 1.54) is 0 Å². The highest BCUT2D eigenvalue weighted by Crippen LogP contribution is 2.45. The second-order valence-electron chi connectivity index (χ2n) is 7.71. The van der Waals surface area contributed by atoms with Crippen LogP contribution in [0.2, 0.25) is 10.0 Å². The van der Waals surface area contributed by atoms with Crippen molar-refractivity contribution in [1.29, 1.82) is 5.26 Å². The van der Waals surface area contributed by atoms with Crippen LogP contribution in [0.4, 0.5) is 0 Å². The van der Waals surface area contributed by atoms with E-state index in [1.807, 2.05) is 19.1 Å². The maximum atomic E-state index is 12.8. The van der Waals surface area contributed by atoms with Crippen LogP contribution in [-0.2, 0) is 16.1 Å². The number of allylic oxidation sites excluding steroid dienone is 3. The molecule has 0 unspecified atom stereocenters. The maximum Gasteiger partial charge on any atom is 0.205 e. The number of ether oxygens (including phenoxy) is 3. The Labute approximate surface area is 202 Å². The van der Waals surface area contributed by atoms with Gasteiger partial charge < -0.3 is 19.9 Å². The second kappa shape index (κ2) is 9.78. The van der Waals surface area contributed by atoms with Crippen LogP contribution in [0, 0.1) is 11.3 Å². The van der Waals surface area contributed by atoms with E-state index in [0.717, 1.165) is 5.56 Å². The third-order valence-electron chi connectivity index (χ3n) is 5.58. The Bertz CT molecular complexity index is 1210. The first-order valence-corrected chi connectivity index (χ1v) is 11.4. The van der Waals surface area contributed by atoms with Crippen molar-refractivity contribution < 1.29 is 19.0 Å². The molecular formula is C25H22Cl2N2O4. The first-order valence-electron chi connectivity index (χ1n) is 10.6. The predicted octanol–water partition coefficient (Wildman–Crippen LogP) is 5.79. The fourth-order valence-corrected chi connectivity index (χ4v) is 4.39. The third-order valence-corrected chi connectivity index (χ3v) is 6.32. The van der Waals surface area contributed by atoms with Gasteiger partial charge in [0.05, 0.1) is 22.6 Å². The summed E-state index contributed by atoms with van der Waals surface area (Å²) >= 11 is 12.1. The number of nitriles is 1. The van der Waals surface area contributed by atoms with Gasteiger partial charge in [0.25, 0.3) is 0 Å². The number of carbonyl (C=O) groups is 1. The Balaban J connectivity index is 1.69. The molecular weight excluding hydrogens is 463 g/mol. The van der Waals surface area contributed by atoms with Crippen LogP contribution in [0.3, 0.4) is 0 Å². The van der Waals surface area contributed by atoms with Gasteiger partial charge in [-0.3, -0.25) is 4.79 Å². The number of nitrogens with two attached hydrogens (primary N) is 1. The van der Waals surface area contributed by atoms with Gasteiger partial charge in [-0.15, -0.1) is 0 Å². The van der Waals surface area contributed by atoms with E-state index in [0.29, 0.717) is 64.3 Å². The van der Waals surface area contributed by atoms with Crippen molar-refractivity contribution in [2.24, 2.45) is 5.73 Å². The highest BCUT2D eigenvalue weighted by molar-refractivity contribution is 6.42. The SMILES string of the molecule is CCOc1cc([C@@H]2C(C#N)=C(N)OC3=C2C(=O)CCC3)ccc1OCc1ccc(Cl)c(Cl)c1. The molecule has 170 valence electrons. The quantitative estimate of drug-likeness (QED) is 0.557. The molecule has 33 heavy (non-hydrogen) atoms. The fourth-order valence-electron chi connectivity index (χ4n) is 4.07. The Hall–Kier alpha value is -3.14. The molecule has 2 aromatic carbocycles. The number of nitrogens with zero attached hydrogens (tertiary/aromatic N) is 1. The van der Waals surface area contributed by atoms with Gasteiger partial charge in [0, 0.05) is 18.4 Å². The van der Waals surface area contributed by atoms with Crippen LogP contribution in [0.15, 0.2) is 59.2 Å². The molecule has 1 aliphatic carbocycles. The van der Waals surface area contributed by atoms with Crippen molar-refractivity contribution in [2.75, 3.05) is 6.61 Å². The summed E-state index contributed by atoms with van der Waals surface area (Å²) in [6, 6.07) is 12.8. The first-order chi connectivity index (χ1) is 15.9. The van der Waals surface area contributed by atoms with E-state index >= 15 is 0 Å². The summed E-state index contributed by atoms with van der Waals surface area (Å²) in [7, 11) is 0. The monoisotopic (exact) mass is 484 g/mol. The number of hydrogen-bond acceptors (Lipinski definition) is 6. The van der Waals surface area contributed by atoms with Crippen LogP contribution in [0.5, 0.6) is 11.5 Å². The molecule has 0 fully saturated rings. The lowest BCUT2D eigenvalue weighted by atomic mass is 9.77. The van der Waals surface area contributed by atoms with Gasteiger partial charge in [-0.25, -0.2) is 0 Å². The van der Waals surface area contributed by atoms with Crippen LogP contribution in [-0.4, -0.2) is 12.4 Å². The van der Waals surface area contributed by atoms with Crippen molar-refractivity contribution >= 4 is 29.0 Å². The average molecular weight is 485 g/mol. The third kappa shape index (κ3) is 4.66. The molecule has 0 aromatic heterocycles. The molecule has 2 N–H and O–H groups in total. The van der Waals surface area contributed by atoms with E-state index in [1.54, 1.807) is 24.3 Å². The number of hydrogen-bond donors (Lipinski definition) is 1. The summed E-state index contributed by atoms with van der Waals surface area (Å²) in [4.78, 5) is 12.8. The molecule has 2 aliphatic rings. The summed E-state index contributed by atoms with van der Waals surface area (Å²) in [6.07, 6.45) is 1.73. The number of rotatable bonds is 6. The lowest BCUT2D eigenvalue weighted by molar-refractivity contribution is -0.116. The van der Waals surface area contributed by atoms with Gasteiger partial charge >= 0.3 is 0 Å². The van der Waals surface area contributed by atoms with E-state index < -0.39 is 5.92 Å². The average Bonchev–Trinajstić information content (AvgIpc) is 2.80. The van der Waals surface area contributed by atoms with Gasteiger partial charge in [-0.2, -0.15) is 5.26 Å². The maximum absolute atomic E-state index is 12.8. The summed E-state index contributed by atoms with van der Waals surface area (Å²) < 4.78 is 17.4. The topological polar surface area (TPSA) is 94.6 Å². The van der Waals surface area contributed by atoms with E-state index in [2.05, 4.69) is 6.07 Å². The molecule has 0 saturated carbocycles. The second-order valence-corrected chi connectivity index (χ2v) is 8.53. The molecule has 1 heterocycles. The van der Waals surface area contributed by atoms with Crippen molar-refractivity contribution in [3.05, 3.63) is 80.4 Å². The number of Topliss-reactive ketones (excluding diaryl/α,β-unsaturated/α-hetero) is 1. The molecule has 0 spiro atoms. The summed E-state index contributed by atoms with van der Waals surface area (Å²) in [5, 5.41) is 10.7. The van der Waals surface area contributed by atoms with Crippen molar-refractivity contribution in [3.8, 4) is 17.6 Å². The molecule has 1 aliphatic heterocycles. The minimum atomic E-state index is -0.602. The van der Waals surface area contributed by atoms with Crippen LogP contribution in [0.25, 0.3) is 0 Å². The standard InChI is InChI=1S/C25H22Cl2N2O4/c1-2-31-22-11-15(7-9-20(22)32-13-14-6-8-17(26)18(27)10-14)23-16(12-28)25(29)33-21-5-3-4-19(30)24(21)23/h6-11,23H,2-5,13,29H2,1H3/t23-/m1/s1. The van der Waals surface area contributed by atoms with E-state index in [4.69, 9.17) is 43.1 Å². The highest BCUT2D eigenvalue weighted by atomic mass is 35.5. The van der Waals surface area contributed by atoms with Crippen LogP contribution >= 0.6 is 23.2 Å². The summed E-state index contributed by atoms with van der Waals surface area (Å²) in [6.45, 7) is 2.54. The zero-order chi connectivity index (χ0) is 23.5. The Morgan fingerprint density at radius 2 is 1.94 bits per heavy atom. The first kappa shape index (κ1) is 23.0. The van der Waals surface area contributed by atoms with Gasteiger partial charge in [0.15, 0.2) is 17.3 Å². The normalized spacial score (nSPS) is 17.9. The lowest BCUT2D eigenvalue weighted by Gasteiger charge is -2.31. The largest absolute Gasteiger partial charge is 0.490 e. The molecule has 2 aromatic rings. The van der Waals surface area contributed by atoms with E-state index in [-0.39, 0.29) is 23.8 Å². The molecule has 8 heteroatoms. The highest BCUT2D eigenvalue weighted by Gasteiger charge is 2.38. The molecule has 6 nitrogen and oxygen atoms in total. The van der Waals surface area contributed by atoms with Gasteiger partial charge in [0.1, 0.15) is 24.0 Å². The fraction of sp³-hybridized carbons (Fsp3) is 0.280. The predicted molar refractivity (Wildman–Crippen MR) is 125 cm³/mol. The Morgan fingerprint density at radius 3 is 2.67 bits per heavy atom. The lowest BCUT2D eigenvalue weighted by Crippen LogP contribution is -2.27. The summed E-state index contributed by atoms with van der Waals surface area (Å²) in [5.74, 6) is 0.981. The molecule has 0 radical (unpaired) electrons. The Morgan fingerprint density at radius 1 is 1.12 bits per heavy atom. The van der Waals surface area contributed by atoms with Gasteiger partial charge in [-0.05, 0) is 48.7 Å². The minimum Gasteiger partial charge on any atom is -0.490 e. The summed E-state index contributed by atoms with van der Waals surface area (Å²) in [5.41, 5.74) is 8.33. The zero-order valence-corrected chi connectivity index (χ0v) is 19.5. The zero-order valence-electron chi connectivity index (χ0n) is 18.0. The molecule has 0 bridgehead atoms. The Kier molecular flexibility index (Phi) is 6.83. The minimum absolute atomic E-state index is 0.0283. The number of ketones is 1. The van der Waals surface area contributed by atoms with Crippen LogP contribution in [0.1, 0.15) is 43.2 Å². The van der Waals surface area contributed by atoms with Crippen LogP contribution < -0.4 is 15.2 Å². The van der Waals surface area contributed by atoms with Crippen molar-refractivity contribution in [3.63, 3.8) is 0 Å². The molecule has 4 rings (SSSR count). The van der Waals surface area contributed by atoms with Crippen molar-refractivity contribution in [1.82, 2.24) is 0 Å². The molecule has 1 atom stereocenters. The van der Waals surface area contributed by atoms with Gasteiger partial charge in [0.2, 0.25) is 5.88 Å². The number of benzene rings is 2. The van der Waals surface area contributed by atoms with Crippen molar-refractivity contribution in [2.45, 2.75) is 38.7 Å². The number of halogens is 2. The number of carbonyl (C=O) groups excluding carboxylic acids is 1. The molecule has 0 saturated heterocycles. The smallest absolute Gasteiger partial charge is 0.205 e. The van der Waals surface area contributed by atoms with E-state index in [9.17, 15) is 10.1 Å². The van der Waals surface area contributed by atoms with Gasteiger partial charge in [-0.1, -0.05) is 35.3 Å².